The monoisotopic (exact) mass is 195 g/mol. The zero-order valence-corrected chi connectivity index (χ0v) is 8.36. The summed E-state index contributed by atoms with van der Waals surface area (Å²) in [6, 6.07) is 2.85. The highest BCUT2D eigenvalue weighted by atomic mass is 32.2. The molecule has 12 heavy (non-hydrogen) atoms. The van der Waals surface area contributed by atoms with E-state index >= 15 is 0 Å². The van der Waals surface area contributed by atoms with Gasteiger partial charge in [-0.1, -0.05) is 6.08 Å². The van der Waals surface area contributed by atoms with Gasteiger partial charge in [0.2, 0.25) is 0 Å². The van der Waals surface area contributed by atoms with Crippen molar-refractivity contribution in [2.45, 2.75) is 11.3 Å². The van der Waals surface area contributed by atoms with Crippen LogP contribution in [0.3, 0.4) is 0 Å². The molecule has 3 rings (SSSR count). The highest BCUT2D eigenvalue weighted by molar-refractivity contribution is 8.02. The third-order valence-corrected chi connectivity index (χ3v) is 4.83. The summed E-state index contributed by atoms with van der Waals surface area (Å²) in [7, 11) is 2.19. The van der Waals surface area contributed by atoms with Crippen LogP contribution in [-0.4, -0.2) is 13.1 Å². The van der Waals surface area contributed by atoms with Crippen LogP contribution in [0.5, 0.6) is 0 Å². The third kappa shape index (κ3) is 0.709. The number of thiophene rings is 1. The predicted octanol–water partition coefficient (Wildman–Crippen LogP) is 2.87. The van der Waals surface area contributed by atoms with E-state index in [0.29, 0.717) is 11.3 Å². The van der Waals surface area contributed by atoms with E-state index in [2.05, 4.69) is 34.9 Å². The molecule has 0 saturated heterocycles. The number of fused-ring (bicyclic) bond motifs is 3. The SMILES string of the molecule is CN1c2ccsc2C2SC=CC21. The second-order valence-corrected chi connectivity index (χ2v) is 5.16. The van der Waals surface area contributed by atoms with E-state index in [1.54, 1.807) is 4.88 Å². The predicted molar refractivity (Wildman–Crippen MR) is 56.0 cm³/mol. The van der Waals surface area contributed by atoms with Crippen molar-refractivity contribution in [3.05, 3.63) is 27.8 Å². The molecule has 0 amide bonds. The fourth-order valence-electron chi connectivity index (χ4n) is 1.92. The van der Waals surface area contributed by atoms with Gasteiger partial charge in [0.15, 0.2) is 0 Å². The summed E-state index contributed by atoms with van der Waals surface area (Å²) in [6.07, 6.45) is 2.31. The van der Waals surface area contributed by atoms with E-state index in [9.17, 15) is 0 Å². The van der Waals surface area contributed by atoms with Crippen molar-refractivity contribution < 1.29 is 0 Å². The van der Waals surface area contributed by atoms with Crippen LogP contribution < -0.4 is 4.90 Å². The van der Waals surface area contributed by atoms with Crippen molar-refractivity contribution in [3.8, 4) is 0 Å². The summed E-state index contributed by atoms with van der Waals surface area (Å²) in [5, 5.41) is 5.11. The largest absolute Gasteiger partial charge is 0.366 e. The van der Waals surface area contributed by atoms with Crippen LogP contribution >= 0.6 is 23.1 Å². The Hall–Kier alpha value is -0.410. The fourth-order valence-corrected chi connectivity index (χ4v) is 4.30. The Balaban J connectivity index is 2.15. The van der Waals surface area contributed by atoms with Gasteiger partial charge in [-0.25, -0.2) is 0 Å². The highest BCUT2D eigenvalue weighted by Gasteiger charge is 2.38. The number of likely N-dealkylation sites (N-methyl/N-ethyl adjacent to an activating group) is 1. The first kappa shape index (κ1) is 7.04. The molecule has 0 spiro atoms. The summed E-state index contributed by atoms with van der Waals surface area (Å²) in [5.41, 5.74) is 1.44. The van der Waals surface area contributed by atoms with Gasteiger partial charge in [-0.05, 0) is 16.9 Å². The minimum Gasteiger partial charge on any atom is -0.366 e. The van der Waals surface area contributed by atoms with E-state index < -0.39 is 0 Å². The lowest BCUT2D eigenvalue weighted by Crippen LogP contribution is -2.25. The van der Waals surface area contributed by atoms with Gasteiger partial charge in [0.1, 0.15) is 0 Å². The minimum absolute atomic E-state index is 0.623. The van der Waals surface area contributed by atoms with E-state index in [0.717, 1.165) is 0 Å². The molecule has 2 aliphatic rings. The lowest BCUT2D eigenvalue weighted by Gasteiger charge is -2.18. The summed E-state index contributed by atoms with van der Waals surface area (Å²) >= 11 is 3.84. The van der Waals surface area contributed by atoms with Crippen molar-refractivity contribution in [1.29, 1.82) is 0 Å². The fraction of sp³-hybridized carbons (Fsp3) is 0.333. The Morgan fingerprint density at radius 3 is 3.33 bits per heavy atom. The molecule has 0 bridgehead atoms. The van der Waals surface area contributed by atoms with Crippen LogP contribution in [0.25, 0.3) is 0 Å². The number of nitrogens with zero attached hydrogens (tertiary/aromatic N) is 1. The molecule has 0 aromatic carbocycles. The molecule has 0 aliphatic carbocycles. The Morgan fingerprint density at radius 2 is 2.42 bits per heavy atom. The molecule has 1 nitrogen and oxygen atoms in total. The Kier molecular flexibility index (Phi) is 1.35. The molecule has 1 aromatic rings. The summed E-state index contributed by atoms with van der Waals surface area (Å²) < 4.78 is 0. The van der Waals surface area contributed by atoms with Gasteiger partial charge >= 0.3 is 0 Å². The van der Waals surface area contributed by atoms with Crippen molar-refractivity contribution >= 4 is 28.8 Å². The normalized spacial score (nSPS) is 30.9. The standard InChI is InChI=1S/C9H9NS2/c1-10-6-2-4-11-8(6)9-7(10)3-5-12-9/h2-6,8H,1H3. The van der Waals surface area contributed by atoms with E-state index in [1.165, 1.54) is 5.69 Å². The topological polar surface area (TPSA) is 3.24 Å². The second kappa shape index (κ2) is 2.30. The van der Waals surface area contributed by atoms with Gasteiger partial charge in [0, 0.05) is 11.9 Å². The maximum absolute atomic E-state index is 2.38. The van der Waals surface area contributed by atoms with Crippen LogP contribution in [0.1, 0.15) is 10.1 Å². The van der Waals surface area contributed by atoms with Gasteiger partial charge in [0.25, 0.3) is 0 Å². The first-order valence-electron chi connectivity index (χ1n) is 4.00. The maximum Gasteiger partial charge on any atom is 0.0692 e. The molecule has 3 heterocycles. The smallest absolute Gasteiger partial charge is 0.0692 e. The number of hydrogen-bond acceptors (Lipinski definition) is 3. The maximum atomic E-state index is 2.38. The minimum atomic E-state index is 0.623. The van der Waals surface area contributed by atoms with Crippen LogP contribution in [0.15, 0.2) is 22.9 Å². The van der Waals surface area contributed by atoms with Crippen molar-refractivity contribution in [3.63, 3.8) is 0 Å². The van der Waals surface area contributed by atoms with Gasteiger partial charge in [-0.15, -0.1) is 23.1 Å². The van der Waals surface area contributed by atoms with Crippen LogP contribution in [-0.2, 0) is 0 Å². The van der Waals surface area contributed by atoms with E-state index in [-0.39, 0.29) is 0 Å². The highest BCUT2D eigenvalue weighted by Crippen LogP contribution is 2.52. The molecule has 62 valence electrons. The van der Waals surface area contributed by atoms with Crippen LogP contribution in [0.4, 0.5) is 5.69 Å². The van der Waals surface area contributed by atoms with E-state index in [4.69, 9.17) is 0 Å². The lowest BCUT2D eigenvalue weighted by atomic mass is 10.2. The Bertz CT molecular complexity index is 342. The quantitative estimate of drug-likeness (QED) is 0.626. The molecule has 2 unspecified atom stereocenters. The molecule has 0 fully saturated rings. The van der Waals surface area contributed by atoms with Gasteiger partial charge in [-0.3, -0.25) is 0 Å². The average molecular weight is 195 g/mol. The molecular formula is C9H9NS2. The first-order valence-corrected chi connectivity index (χ1v) is 5.82. The molecule has 2 atom stereocenters. The van der Waals surface area contributed by atoms with Gasteiger partial charge < -0.3 is 4.90 Å². The molecular weight excluding hydrogens is 186 g/mol. The molecule has 0 N–H and O–H groups in total. The van der Waals surface area contributed by atoms with Crippen LogP contribution in [0, 0.1) is 0 Å². The first-order chi connectivity index (χ1) is 5.88. The number of rotatable bonds is 0. The Labute approximate surface area is 80.1 Å². The molecule has 2 aliphatic heterocycles. The number of anilines is 1. The zero-order valence-electron chi connectivity index (χ0n) is 6.73. The average Bonchev–Trinajstić information content (AvgIpc) is 2.72. The van der Waals surface area contributed by atoms with Crippen molar-refractivity contribution in [1.82, 2.24) is 0 Å². The van der Waals surface area contributed by atoms with Gasteiger partial charge in [-0.2, -0.15) is 0 Å². The summed E-state index contributed by atoms with van der Waals surface area (Å²) in [6.45, 7) is 0. The summed E-state index contributed by atoms with van der Waals surface area (Å²) in [5.74, 6) is 0. The van der Waals surface area contributed by atoms with Crippen molar-refractivity contribution in [2.75, 3.05) is 11.9 Å². The third-order valence-electron chi connectivity index (χ3n) is 2.57. The van der Waals surface area contributed by atoms with Gasteiger partial charge in [0.05, 0.1) is 17.0 Å². The second-order valence-electron chi connectivity index (χ2n) is 3.16. The number of hydrogen-bond donors (Lipinski definition) is 0. The van der Waals surface area contributed by atoms with Crippen LogP contribution in [0.2, 0.25) is 0 Å². The Morgan fingerprint density at radius 1 is 1.50 bits per heavy atom. The van der Waals surface area contributed by atoms with Crippen molar-refractivity contribution in [2.24, 2.45) is 0 Å². The lowest BCUT2D eigenvalue weighted by molar-refractivity contribution is 0.802. The molecule has 0 saturated carbocycles. The number of thioether (sulfide) groups is 1. The molecule has 0 radical (unpaired) electrons. The zero-order chi connectivity index (χ0) is 8.13. The molecule has 3 heteroatoms. The van der Waals surface area contributed by atoms with E-state index in [1.807, 2.05) is 23.1 Å². The summed E-state index contributed by atoms with van der Waals surface area (Å²) in [4.78, 5) is 3.94. The molecule has 1 aromatic heterocycles.